The smallest absolute Gasteiger partial charge is 0.291 e. The molecule has 0 saturated heterocycles. The molecule has 6 nitrogen and oxygen atoms in total. The fraction of sp³-hybridized carbons (Fsp3) is 0.238. The van der Waals surface area contributed by atoms with Crippen molar-refractivity contribution >= 4 is 28.2 Å². The van der Waals surface area contributed by atoms with Gasteiger partial charge in [-0.15, -0.1) is 11.3 Å². The molecule has 1 aromatic carbocycles. The van der Waals surface area contributed by atoms with Crippen LogP contribution < -0.4 is 10.1 Å². The van der Waals surface area contributed by atoms with Gasteiger partial charge in [-0.2, -0.15) is 0 Å². The number of nitrogens with zero attached hydrogens (tertiary/aromatic N) is 1. The molecule has 7 heteroatoms. The average molecular weight is 396 g/mol. The lowest BCUT2D eigenvalue weighted by Crippen LogP contribution is -2.32. The van der Waals surface area contributed by atoms with Crippen LogP contribution in [0.25, 0.3) is 0 Å². The Morgan fingerprint density at radius 2 is 2.00 bits per heavy atom. The largest absolute Gasteiger partial charge is 0.496 e. The van der Waals surface area contributed by atoms with Crippen LogP contribution in [0.3, 0.4) is 0 Å². The summed E-state index contributed by atoms with van der Waals surface area (Å²) in [7, 11) is 1.63. The highest BCUT2D eigenvalue weighted by Gasteiger charge is 2.34. The van der Waals surface area contributed by atoms with Crippen LogP contribution in [0.15, 0.2) is 59.2 Å². The highest BCUT2D eigenvalue weighted by atomic mass is 32.1. The molecule has 4 rings (SSSR count). The molecule has 2 amide bonds. The summed E-state index contributed by atoms with van der Waals surface area (Å²) in [5.41, 5.74) is 0.980. The Morgan fingerprint density at radius 1 is 1.18 bits per heavy atom. The van der Waals surface area contributed by atoms with E-state index in [0.717, 1.165) is 24.2 Å². The fourth-order valence-electron chi connectivity index (χ4n) is 3.01. The second-order valence-electron chi connectivity index (χ2n) is 6.57. The number of methoxy groups -OCH3 is 1. The van der Waals surface area contributed by atoms with E-state index in [1.54, 1.807) is 31.4 Å². The van der Waals surface area contributed by atoms with Crippen molar-refractivity contribution < 1.29 is 18.7 Å². The Labute approximate surface area is 166 Å². The number of anilines is 1. The maximum atomic E-state index is 13.1. The van der Waals surface area contributed by atoms with Gasteiger partial charge < -0.3 is 19.4 Å². The number of carbonyl (C=O) groups is 2. The highest BCUT2D eigenvalue weighted by Crippen LogP contribution is 2.33. The van der Waals surface area contributed by atoms with Crippen LogP contribution in [-0.2, 0) is 6.54 Å². The van der Waals surface area contributed by atoms with Gasteiger partial charge >= 0.3 is 0 Å². The van der Waals surface area contributed by atoms with Gasteiger partial charge in [0.2, 0.25) is 0 Å². The van der Waals surface area contributed by atoms with Crippen molar-refractivity contribution in [1.82, 2.24) is 4.90 Å². The predicted octanol–water partition coefficient (Wildman–Crippen LogP) is 4.41. The van der Waals surface area contributed by atoms with Gasteiger partial charge in [-0.3, -0.25) is 9.59 Å². The van der Waals surface area contributed by atoms with Gasteiger partial charge in [0, 0.05) is 18.2 Å². The van der Waals surface area contributed by atoms with Gasteiger partial charge in [-0.25, -0.2) is 0 Å². The molecule has 0 bridgehead atoms. The van der Waals surface area contributed by atoms with E-state index in [0.29, 0.717) is 16.4 Å². The summed E-state index contributed by atoms with van der Waals surface area (Å²) < 4.78 is 10.5. The molecule has 1 aliphatic rings. The second kappa shape index (κ2) is 7.90. The summed E-state index contributed by atoms with van der Waals surface area (Å²) in [6.07, 6.45) is 3.46. The standard InChI is InChI=1S/C21H20N2O4S/c1-26-16-6-3-2-5-14(16)13-23(15-8-9-15)21(25)18-10-11-19(28-18)22-20(24)17-7-4-12-27-17/h2-7,10-12,15H,8-9,13H2,1H3,(H,22,24). The van der Waals surface area contributed by atoms with Crippen molar-refractivity contribution in [2.24, 2.45) is 0 Å². The van der Waals surface area contributed by atoms with E-state index in [2.05, 4.69) is 5.32 Å². The van der Waals surface area contributed by atoms with E-state index in [-0.39, 0.29) is 23.6 Å². The maximum Gasteiger partial charge on any atom is 0.291 e. The average Bonchev–Trinajstić information content (AvgIpc) is 3.19. The van der Waals surface area contributed by atoms with Crippen molar-refractivity contribution in [3.05, 3.63) is 71.0 Å². The summed E-state index contributed by atoms with van der Waals surface area (Å²) in [6.45, 7) is 0.500. The molecule has 1 fully saturated rings. The Balaban J connectivity index is 1.49. The van der Waals surface area contributed by atoms with Crippen molar-refractivity contribution in [2.75, 3.05) is 12.4 Å². The molecule has 1 aliphatic carbocycles. The molecular weight excluding hydrogens is 376 g/mol. The number of carbonyl (C=O) groups excluding carboxylic acids is 2. The summed E-state index contributed by atoms with van der Waals surface area (Å²) >= 11 is 1.26. The lowest BCUT2D eigenvalue weighted by atomic mass is 10.2. The van der Waals surface area contributed by atoms with E-state index < -0.39 is 0 Å². The summed E-state index contributed by atoms with van der Waals surface area (Å²) in [6, 6.07) is 14.7. The molecule has 1 saturated carbocycles. The number of hydrogen-bond acceptors (Lipinski definition) is 5. The lowest BCUT2D eigenvalue weighted by Gasteiger charge is -2.23. The lowest BCUT2D eigenvalue weighted by molar-refractivity contribution is 0.0733. The summed E-state index contributed by atoms with van der Waals surface area (Å²) in [5.74, 6) is 0.645. The maximum absolute atomic E-state index is 13.1. The van der Waals surface area contributed by atoms with Crippen molar-refractivity contribution in [3.8, 4) is 5.75 Å². The number of amides is 2. The Kier molecular flexibility index (Phi) is 5.16. The molecule has 28 heavy (non-hydrogen) atoms. The van der Waals surface area contributed by atoms with E-state index in [4.69, 9.17) is 9.15 Å². The third kappa shape index (κ3) is 3.94. The Morgan fingerprint density at radius 3 is 2.71 bits per heavy atom. The minimum absolute atomic E-state index is 0.0306. The number of ether oxygens (including phenoxy) is 1. The van der Waals surface area contributed by atoms with Crippen LogP contribution in [0, 0.1) is 0 Å². The second-order valence-corrected chi connectivity index (χ2v) is 7.66. The third-order valence-electron chi connectivity index (χ3n) is 4.58. The zero-order valence-corrected chi connectivity index (χ0v) is 16.2. The van der Waals surface area contributed by atoms with Gasteiger partial charge in [-0.1, -0.05) is 18.2 Å². The number of benzene rings is 1. The van der Waals surface area contributed by atoms with Crippen LogP contribution in [0.1, 0.15) is 38.6 Å². The van der Waals surface area contributed by atoms with Gasteiger partial charge in [-0.05, 0) is 43.2 Å². The number of rotatable bonds is 7. The van der Waals surface area contributed by atoms with Crippen molar-refractivity contribution in [1.29, 1.82) is 0 Å². The first-order valence-corrected chi connectivity index (χ1v) is 9.85. The molecule has 1 N–H and O–H groups in total. The first-order chi connectivity index (χ1) is 13.7. The monoisotopic (exact) mass is 396 g/mol. The normalized spacial score (nSPS) is 13.2. The predicted molar refractivity (Wildman–Crippen MR) is 107 cm³/mol. The molecule has 0 spiro atoms. The van der Waals surface area contributed by atoms with Crippen LogP contribution >= 0.6 is 11.3 Å². The highest BCUT2D eigenvalue weighted by molar-refractivity contribution is 7.18. The van der Waals surface area contributed by atoms with Crippen LogP contribution in [0.4, 0.5) is 5.00 Å². The molecule has 0 atom stereocenters. The van der Waals surface area contributed by atoms with Crippen molar-refractivity contribution in [3.63, 3.8) is 0 Å². The van der Waals surface area contributed by atoms with E-state index in [1.165, 1.54) is 17.6 Å². The summed E-state index contributed by atoms with van der Waals surface area (Å²) in [5, 5.41) is 3.38. The first-order valence-electron chi connectivity index (χ1n) is 9.03. The Hall–Kier alpha value is -3.06. The topological polar surface area (TPSA) is 71.8 Å². The molecule has 2 heterocycles. The SMILES string of the molecule is COc1ccccc1CN(C(=O)c1ccc(NC(=O)c2ccco2)s1)C1CC1. The van der Waals surface area contributed by atoms with Crippen LogP contribution in [0.2, 0.25) is 0 Å². The van der Waals surface area contributed by atoms with Gasteiger partial charge in [0.05, 0.1) is 23.3 Å². The molecular formula is C21H20N2O4S. The number of furan rings is 1. The molecule has 0 radical (unpaired) electrons. The molecule has 0 unspecified atom stereocenters. The van der Waals surface area contributed by atoms with Crippen molar-refractivity contribution in [2.45, 2.75) is 25.4 Å². The number of hydrogen-bond donors (Lipinski definition) is 1. The fourth-order valence-corrected chi connectivity index (χ4v) is 3.87. The third-order valence-corrected chi connectivity index (χ3v) is 5.57. The molecule has 3 aromatic rings. The summed E-state index contributed by atoms with van der Waals surface area (Å²) in [4.78, 5) is 27.7. The van der Waals surface area contributed by atoms with Gasteiger partial charge in [0.15, 0.2) is 5.76 Å². The molecule has 0 aliphatic heterocycles. The van der Waals surface area contributed by atoms with Crippen LogP contribution in [0.5, 0.6) is 5.75 Å². The van der Waals surface area contributed by atoms with E-state index in [9.17, 15) is 9.59 Å². The van der Waals surface area contributed by atoms with Gasteiger partial charge in [0.25, 0.3) is 11.8 Å². The molecule has 144 valence electrons. The zero-order valence-electron chi connectivity index (χ0n) is 15.4. The number of nitrogens with one attached hydrogen (secondary N) is 1. The zero-order chi connectivity index (χ0) is 19.5. The quantitative estimate of drug-likeness (QED) is 0.642. The van der Waals surface area contributed by atoms with Gasteiger partial charge in [0.1, 0.15) is 5.75 Å². The van der Waals surface area contributed by atoms with E-state index in [1.807, 2.05) is 29.2 Å². The van der Waals surface area contributed by atoms with Crippen LogP contribution in [-0.4, -0.2) is 29.9 Å². The number of thiophene rings is 1. The Bertz CT molecular complexity index is 976. The minimum atomic E-state index is -0.334. The minimum Gasteiger partial charge on any atom is -0.496 e. The number of para-hydroxylation sites is 1. The molecule has 2 aromatic heterocycles. The first kappa shape index (κ1) is 18.3. The van der Waals surface area contributed by atoms with E-state index >= 15 is 0 Å².